The highest BCUT2D eigenvalue weighted by atomic mass is 15.0. The lowest BCUT2D eigenvalue weighted by Gasteiger charge is -2.20. The Morgan fingerprint density at radius 2 is 2.27 bits per heavy atom. The number of unbranched alkanes of at least 4 members (excludes halogenated alkanes) is 1. The molecule has 2 atom stereocenters. The van der Waals surface area contributed by atoms with E-state index in [9.17, 15) is 0 Å². The number of aromatic amines is 1. The van der Waals surface area contributed by atoms with Crippen molar-refractivity contribution in [2.45, 2.75) is 58.5 Å². The predicted molar refractivity (Wildman–Crippen MR) is 63.7 cm³/mol. The molecule has 0 saturated carbocycles. The monoisotopic (exact) mass is 209 g/mol. The fourth-order valence-electron chi connectivity index (χ4n) is 1.80. The highest BCUT2D eigenvalue weighted by molar-refractivity contribution is 4.95. The van der Waals surface area contributed by atoms with Crippen LogP contribution in [0.5, 0.6) is 0 Å². The second-order valence-corrected chi connectivity index (χ2v) is 4.15. The lowest BCUT2D eigenvalue weighted by Crippen LogP contribution is -2.30. The van der Waals surface area contributed by atoms with Gasteiger partial charge < -0.3 is 10.3 Å². The number of hydrogen-bond acceptors (Lipinski definition) is 2. The van der Waals surface area contributed by atoms with Crippen LogP contribution < -0.4 is 5.32 Å². The zero-order valence-corrected chi connectivity index (χ0v) is 10.1. The fraction of sp³-hybridized carbons (Fsp3) is 0.750. The van der Waals surface area contributed by atoms with Crippen LogP contribution in [0.4, 0.5) is 0 Å². The number of imidazole rings is 1. The Labute approximate surface area is 92.7 Å². The Morgan fingerprint density at radius 3 is 2.80 bits per heavy atom. The van der Waals surface area contributed by atoms with Crippen LogP contribution in [0.2, 0.25) is 0 Å². The lowest BCUT2D eigenvalue weighted by atomic mass is 10.1. The minimum absolute atomic E-state index is 0.367. The van der Waals surface area contributed by atoms with Gasteiger partial charge in [-0.2, -0.15) is 0 Å². The summed E-state index contributed by atoms with van der Waals surface area (Å²) < 4.78 is 0. The zero-order valence-electron chi connectivity index (χ0n) is 10.1. The number of H-pyrrole nitrogens is 1. The van der Waals surface area contributed by atoms with E-state index in [0.717, 1.165) is 12.2 Å². The predicted octanol–water partition coefficient (Wildman–Crippen LogP) is 3.03. The largest absolute Gasteiger partial charge is 0.347 e. The second-order valence-electron chi connectivity index (χ2n) is 4.15. The molecule has 2 N–H and O–H groups in total. The van der Waals surface area contributed by atoms with Crippen molar-refractivity contribution in [3.8, 4) is 0 Å². The smallest absolute Gasteiger partial charge is 0.123 e. The van der Waals surface area contributed by atoms with Crippen LogP contribution in [0.15, 0.2) is 12.4 Å². The highest BCUT2D eigenvalue weighted by Crippen LogP contribution is 2.13. The SMILES string of the molecule is CCCCC(C)NC(CC)c1ncc[nH]1. The summed E-state index contributed by atoms with van der Waals surface area (Å²) in [6.45, 7) is 6.67. The summed E-state index contributed by atoms with van der Waals surface area (Å²) in [5.74, 6) is 1.06. The van der Waals surface area contributed by atoms with Crippen molar-refractivity contribution in [3.63, 3.8) is 0 Å². The summed E-state index contributed by atoms with van der Waals surface area (Å²) in [5.41, 5.74) is 0. The topological polar surface area (TPSA) is 40.7 Å². The van der Waals surface area contributed by atoms with Gasteiger partial charge in [-0.05, 0) is 19.8 Å². The molecule has 2 unspecified atom stereocenters. The van der Waals surface area contributed by atoms with Crippen LogP contribution in [0.3, 0.4) is 0 Å². The highest BCUT2D eigenvalue weighted by Gasteiger charge is 2.13. The maximum atomic E-state index is 4.30. The normalized spacial score (nSPS) is 15.1. The first-order valence-corrected chi connectivity index (χ1v) is 6.03. The molecule has 1 rings (SSSR count). The molecule has 15 heavy (non-hydrogen) atoms. The molecular weight excluding hydrogens is 186 g/mol. The van der Waals surface area contributed by atoms with E-state index >= 15 is 0 Å². The molecule has 0 aliphatic rings. The van der Waals surface area contributed by atoms with Gasteiger partial charge in [-0.15, -0.1) is 0 Å². The van der Waals surface area contributed by atoms with E-state index in [4.69, 9.17) is 0 Å². The molecule has 3 heteroatoms. The Hall–Kier alpha value is -0.830. The van der Waals surface area contributed by atoms with Crippen molar-refractivity contribution in [3.05, 3.63) is 18.2 Å². The zero-order chi connectivity index (χ0) is 11.1. The molecule has 1 aromatic heterocycles. The first-order valence-electron chi connectivity index (χ1n) is 6.03. The van der Waals surface area contributed by atoms with E-state index in [-0.39, 0.29) is 0 Å². The molecule has 0 spiro atoms. The van der Waals surface area contributed by atoms with Crippen molar-refractivity contribution < 1.29 is 0 Å². The molecule has 0 fully saturated rings. The Kier molecular flexibility index (Phi) is 5.40. The average molecular weight is 209 g/mol. The van der Waals surface area contributed by atoms with E-state index in [1.807, 2.05) is 12.4 Å². The summed E-state index contributed by atoms with van der Waals surface area (Å²) >= 11 is 0. The van der Waals surface area contributed by atoms with Crippen molar-refractivity contribution in [1.82, 2.24) is 15.3 Å². The molecule has 0 saturated heterocycles. The second kappa shape index (κ2) is 6.62. The summed E-state index contributed by atoms with van der Waals surface area (Å²) in [7, 11) is 0. The molecule has 0 aromatic carbocycles. The van der Waals surface area contributed by atoms with E-state index in [1.165, 1.54) is 19.3 Å². The Morgan fingerprint density at radius 1 is 1.47 bits per heavy atom. The van der Waals surface area contributed by atoms with Crippen LogP contribution in [0.1, 0.15) is 58.3 Å². The average Bonchev–Trinajstić information content (AvgIpc) is 2.76. The molecule has 1 aromatic rings. The van der Waals surface area contributed by atoms with Gasteiger partial charge in [-0.1, -0.05) is 26.7 Å². The third kappa shape index (κ3) is 4.04. The minimum atomic E-state index is 0.367. The van der Waals surface area contributed by atoms with Crippen LogP contribution >= 0.6 is 0 Å². The number of hydrogen-bond donors (Lipinski definition) is 2. The molecule has 0 amide bonds. The number of nitrogens with zero attached hydrogens (tertiary/aromatic N) is 1. The van der Waals surface area contributed by atoms with Crippen molar-refractivity contribution in [2.24, 2.45) is 0 Å². The summed E-state index contributed by atoms with van der Waals surface area (Å²) in [4.78, 5) is 7.48. The van der Waals surface area contributed by atoms with Gasteiger partial charge in [-0.25, -0.2) is 4.98 Å². The van der Waals surface area contributed by atoms with Gasteiger partial charge in [-0.3, -0.25) is 0 Å². The van der Waals surface area contributed by atoms with Gasteiger partial charge >= 0.3 is 0 Å². The van der Waals surface area contributed by atoms with Crippen LogP contribution in [0.25, 0.3) is 0 Å². The standard InChI is InChI=1S/C12H23N3/c1-4-6-7-10(3)15-11(5-2)12-13-8-9-14-12/h8-11,15H,4-7H2,1-3H3,(H,13,14). The van der Waals surface area contributed by atoms with Crippen molar-refractivity contribution >= 4 is 0 Å². The van der Waals surface area contributed by atoms with Gasteiger partial charge in [0.25, 0.3) is 0 Å². The molecule has 0 radical (unpaired) electrons. The third-order valence-corrected chi connectivity index (χ3v) is 2.73. The first kappa shape index (κ1) is 12.2. The maximum absolute atomic E-state index is 4.30. The third-order valence-electron chi connectivity index (χ3n) is 2.73. The number of nitrogens with one attached hydrogen (secondary N) is 2. The summed E-state index contributed by atoms with van der Waals surface area (Å²) in [6, 6.07) is 0.937. The van der Waals surface area contributed by atoms with E-state index in [0.29, 0.717) is 12.1 Å². The van der Waals surface area contributed by atoms with E-state index in [1.54, 1.807) is 0 Å². The van der Waals surface area contributed by atoms with Crippen LogP contribution in [0, 0.1) is 0 Å². The summed E-state index contributed by atoms with van der Waals surface area (Å²) in [5, 5.41) is 3.61. The van der Waals surface area contributed by atoms with Gasteiger partial charge in [0.05, 0.1) is 6.04 Å². The summed E-state index contributed by atoms with van der Waals surface area (Å²) in [6.07, 6.45) is 8.58. The number of aromatic nitrogens is 2. The molecule has 3 nitrogen and oxygen atoms in total. The van der Waals surface area contributed by atoms with Crippen molar-refractivity contribution in [1.29, 1.82) is 0 Å². The Balaban J connectivity index is 2.40. The lowest BCUT2D eigenvalue weighted by molar-refractivity contribution is 0.407. The minimum Gasteiger partial charge on any atom is -0.347 e. The molecule has 0 aliphatic heterocycles. The van der Waals surface area contributed by atoms with Crippen LogP contribution in [-0.2, 0) is 0 Å². The molecule has 1 heterocycles. The quantitative estimate of drug-likeness (QED) is 0.724. The van der Waals surface area contributed by atoms with Crippen LogP contribution in [-0.4, -0.2) is 16.0 Å². The van der Waals surface area contributed by atoms with E-state index < -0.39 is 0 Å². The molecule has 0 bridgehead atoms. The fourth-order valence-corrected chi connectivity index (χ4v) is 1.80. The van der Waals surface area contributed by atoms with Gasteiger partial charge in [0.2, 0.25) is 0 Å². The van der Waals surface area contributed by atoms with E-state index in [2.05, 4.69) is 36.1 Å². The first-order chi connectivity index (χ1) is 7.27. The Bertz CT molecular complexity index is 243. The molecule has 0 aliphatic carbocycles. The van der Waals surface area contributed by atoms with Gasteiger partial charge in [0.1, 0.15) is 5.82 Å². The van der Waals surface area contributed by atoms with Gasteiger partial charge in [0.15, 0.2) is 0 Å². The maximum Gasteiger partial charge on any atom is 0.123 e. The number of rotatable bonds is 7. The molecular formula is C12H23N3. The van der Waals surface area contributed by atoms with Crippen molar-refractivity contribution in [2.75, 3.05) is 0 Å². The molecule has 86 valence electrons. The van der Waals surface area contributed by atoms with Gasteiger partial charge in [0, 0.05) is 18.4 Å².